The van der Waals surface area contributed by atoms with Crippen molar-refractivity contribution in [3.05, 3.63) is 57.5 Å². The van der Waals surface area contributed by atoms with E-state index in [0.717, 1.165) is 35.3 Å². The number of methoxy groups -OCH3 is 1. The molecule has 1 unspecified atom stereocenters. The van der Waals surface area contributed by atoms with Crippen molar-refractivity contribution in [3.8, 4) is 6.07 Å². The van der Waals surface area contributed by atoms with Crippen LogP contribution >= 0.6 is 11.3 Å². The molecule has 0 fully saturated rings. The lowest BCUT2D eigenvalue weighted by Gasteiger charge is -2.18. The van der Waals surface area contributed by atoms with E-state index in [9.17, 15) is 14.9 Å². The van der Waals surface area contributed by atoms with Crippen LogP contribution in [-0.4, -0.2) is 19.0 Å². The molecule has 1 atom stereocenters. The molecule has 0 radical (unpaired) electrons. The van der Waals surface area contributed by atoms with Gasteiger partial charge in [0.2, 0.25) is 0 Å². The molecule has 6 heteroatoms. The van der Waals surface area contributed by atoms with Crippen LogP contribution in [0.4, 0.5) is 5.00 Å². The molecule has 1 aliphatic rings. The van der Waals surface area contributed by atoms with E-state index in [-0.39, 0.29) is 5.57 Å². The normalized spacial score (nSPS) is 16.2. The third-order valence-corrected chi connectivity index (χ3v) is 5.77. The highest BCUT2D eigenvalue weighted by molar-refractivity contribution is 7.17. The molecular formula is C21H20N2O3S. The van der Waals surface area contributed by atoms with Crippen LogP contribution in [0.3, 0.4) is 0 Å². The van der Waals surface area contributed by atoms with Crippen LogP contribution in [0.5, 0.6) is 0 Å². The fraction of sp³-hybridized carbons (Fsp3) is 0.286. The quantitative estimate of drug-likeness (QED) is 0.490. The van der Waals surface area contributed by atoms with Crippen molar-refractivity contribution >= 4 is 34.3 Å². The maximum atomic E-state index is 12.6. The molecule has 5 nitrogen and oxygen atoms in total. The number of esters is 1. The first kappa shape index (κ1) is 18.9. The zero-order valence-corrected chi connectivity index (χ0v) is 16.1. The standard InChI is InChI=1S/C21H20N2O3S/c1-13-8-9-16-17(10-13)27-20(18(16)21(25)26-2)23-19(24)15(12-22)11-14-6-4-3-5-7-14/h3-7,11,13H,8-10H2,1-2H3,(H,23,24)/b15-11+. The molecule has 0 aliphatic heterocycles. The van der Waals surface area contributed by atoms with E-state index in [4.69, 9.17) is 4.74 Å². The van der Waals surface area contributed by atoms with Crippen LogP contribution in [0.1, 0.15) is 39.7 Å². The fourth-order valence-corrected chi connectivity index (χ4v) is 4.59. The van der Waals surface area contributed by atoms with E-state index in [1.807, 2.05) is 36.4 Å². The maximum Gasteiger partial charge on any atom is 0.341 e. The smallest absolute Gasteiger partial charge is 0.341 e. The fourth-order valence-electron chi connectivity index (χ4n) is 3.19. The molecule has 0 bridgehead atoms. The highest BCUT2D eigenvalue weighted by Crippen LogP contribution is 2.40. The molecule has 1 heterocycles. The van der Waals surface area contributed by atoms with Gasteiger partial charge in [0.05, 0.1) is 12.7 Å². The minimum absolute atomic E-state index is 0.0169. The Balaban J connectivity index is 1.92. The number of carbonyl (C=O) groups excluding carboxylic acids is 2. The predicted octanol–water partition coefficient (Wildman–Crippen LogP) is 4.21. The summed E-state index contributed by atoms with van der Waals surface area (Å²) in [5.74, 6) is -0.445. The van der Waals surface area contributed by atoms with Crippen LogP contribution < -0.4 is 5.32 Å². The molecule has 0 spiro atoms. The summed E-state index contributed by atoms with van der Waals surface area (Å²) in [5, 5.41) is 12.6. The first-order valence-electron chi connectivity index (χ1n) is 8.74. The van der Waals surface area contributed by atoms with E-state index < -0.39 is 11.9 Å². The van der Waals surface area contributed by atoms with Gasteiger partial charge in [-0.25, -0.2) is 4.79 Å². The van der Waals surface area contributed by atoms with Gasteiger partial charge >= 0.3 is 5.97 Å². The van der Waals surface area contributed by atoms with Crippen molar-refractivity contribution in [2.24, 2.45) is 5.92 Å². The maximum absolute atomic E-state index is 12.6. The summed E-state index contributed by atoms with van der Waals surface area (Å²) in [6.07, 6.45) is 4.20. The Morgan fingerprint density at radius 1 is 1.33 bits per heavy atom. The number of rotatable bonds is 4. The molecule has 0 saturated carbocycles. The Kier molecular flexibility index (Phi) is 5.72. The van der Waals surface area contributed by atoms with E-state index in [2.05, 4.69) is 12.2 Å². The van der Waals surface area contributed by atoms with Crippen LogP contribution in [0, 0.1) is 17.2 Å². The average Bonchev–Trinajstić information content (AvgIpc) is 3.02. The number of benzene rings is 1. The summed E-state index contributed by atoms with van der Waals surface area (Å²) in [7, 11) is 1.33. The first-order chi connectivity index (χ1) is 13.0. The monoisotopic (exact) mass is 380 g/mol. The van der Waals surface area contributed by atoms with Gasteiger partial charge in [-0.1, -0.05) is 37.3 Å². The minimum atomic E-state index is -0.529. The highest BCUT2D eigenvalue weighted by Gasteiger charge is 2.29. The second-order valence-corrected chi connectivity index (χ2v) is 7.69. The van der Waals surface area contributed by atoms with Gasteiger partial charge in [0.25, 0.3) is 5.91 Å². The predicted molar refractivity (Wildman–Crippen MR) is 106 cm³/mol. The van der Waals surface area contributed by atoms with Gasteiger partial charge in [-0.3, -0.25) is 4.79 Å². The highest BCUT2D eigenvalue weighted by atomic mass is 32.1. The molecule has 1 N–H and O–H groups in total. The van der Waals surface area contributed by atoms with Crippen LogP contribution in [0.2, 0.25) is 0 Å². The first-order valence-corrected chi connectivity index (χ1v) is 9.56. The third kappa shape index (κ3) is 4.09. The molecule has 1 amide bonds. The summed E-state index contributed by atoms with van der Waals surface area (Å²) < 4.78 is 4.93. The number of amides is 1. The average molecular weight is 380 g/mol. The Morgan fingerprint density at radius 2 is 2.07 bits per heavy atom. The number of nitrogens with zero attached hydrogens (tertiary/aromatic N) is 1. The van der Waals surface area contributed by atoms with Crippen molar-refractivity contribution < 1.29 is 14.3 Å². The van der Waals surface area contributed by atoms with Gasteiger partial charge in [-0.2, -0.15) is 5.26 Å². The van der Waals surface area contributed by atoms with Crippen LogP contribution in [-0.2, 0) is 22.4 Å². The molecule has 27 heavy (non-hydrogen) atoms. The zero-order valence-electron chi connectivity index (χ0n) is 15.2. The molecule has 1 aromatic carbocycles. The van der Waals surface area contributed by atoms with Gasteiger partial charge in [0.15, 0.2) is 0 Å². The van der Waals surface area contributed by atoms with Gasteiger partial charge in [-0.15, -0.1) is 11.3 Å². The third-order valence-electron chi connectivity index (χ3n) is 4.60. The van der Waals surface area contributed by atoms with E-state index in [1.54, 1.807) is 0 Å². The number of thiophene rings is 1. The van der Waals surface area contributed by atoms with Crippen molar-refractivity contribution in [2.45, 2.75) is 26.2 Å². The van der Waals surface area contributed by atoms with Gasteiger partial charge in [-0.05, 0) is 42.4 Å². The molecule has 3 rings (SSSR count). The number of hydrogen-bond acceptors (Lipinski definition) is 5. The van der Waals surface area contributed by atoms with Gasteiger partial charge in [0.1, 0.15) is 16.6 Å². The lowest BCUT2D eigenvalue weighted by molar-refractivity contribution is -0.112. The minimum Gasteiger partial charge on any atom is -0.465 e. The largest absolute Gasteiger partial charge is 0.465 e. The van der Waals surface area contributed by atoms with Gasteiger partial charge in [0, 0.05) is 4.88 Å². The lowest BCUT2D eigenvalue weighted by atomic mass is 9.88. The summed E-state index contributed by atoms with van der Waals surface area (Å²) in [6.45, 7) is 2.18. The lowest BCUT2D eigenvalue weighted by Crippen LogP contribution is -2.16. The Bertz CT molecular complexity index is 938. The Hall–Kier alpha value is -2.91. The number of anilines is 1. The van der Waals surface area contributed by atoms with Crippen molar-refractivity contribution in [1.29, 1.82) is 5.26 Å². The van der Waals surface area contributed by atoms with E-state index in [1.165, 1.54) is 24.5 Å². The molecular weight excluding hydrogens is 360 g/mol. The number of ether oxygens (including phenoxy) is 1. The SMILES string of the molecule is COC(=O)c1c(NC(=O)/C(C#N)=C/c2ccccc2)sc2c1CCC(C)C2. The van der Waals surface area contributed by atoms with E-state index >= 15 is 0 Å². The van der Waals surface area contributed by atoms with Crippen molar-refractivity contribution in [1.82, 2.24) is 0 Å². The summed E-state index contributed by atoms with van der Waals surface area (Å²) >= 11 is 1.40. The number of nitriles is 1. The number of hydrogen-bond donors (Lipinski definition) is 1. The second kappa shape index (κ2) is 8.19. The van der Waals surface area contributed by atoms with Gasteiger partial charge < -0.3 is 10.1 Å². The number of fused-ring (bicyclic) bond motifs is 1. The summed E-state index contributed by atoms with van der Waals surface area (Å²) in [4.78, 5) is 26.1. The number of nitrogens with one attached hydrogen (secondary N) is 1. The number of carbonyl (C=O) groups is 2. The molecule has 0 saturated heterocycles. The van der Waals surface area contributed by atoms with Crippen LogP contribution in [0.15, 0.2) is 35.9 Å². The van der Waals surface area contributed by atoms with Crippen molar-refractivity contribution in [2.75, 3.05) is 12.4 Å². The molecule has 2 aromatic rings. The molecule has 1 aromatic heterocycles. The summed E-state index contributed by atoms with van der Waals surface area (Å²) in [6, 6.07) is 11.1. The zero-order chi connectivity index (χ0) is 19.4. The molecule has 1 aliphatic carbocycles. The van der Waals surface area contributed by atoms with E-state index in [0.29, 0.717) is 16.5 Å². The molecule has 138 valence electrons. The topological polar surface area (TPSA) is 79.2 Å². The summed E-state index contributed by atoms with van der Waals surface area (Å²) in [5.41, 5.74) is 2.13. The van der Waals surface area contributed by atoms with Crippen LogP contribution in [0.25, 0.3) is 6.08 Å². The Morgan fingerprint density at radius 3 is 2.74 bits per heavy atom. The Labute approximate surface area is 162 Å². The second-order valence-electron chi connectivity index (χ2n) is 6.58. The van der Waals surface area contributed by atoms with Crippen molar-refractivity contribution in [3.63, 3.8) is 0 Å².